The van der Waals surface area contributed by atoms with Crippen LogP contribution >= 0.6 is 0 Å². The summed E-state index contributed by atoms with van der Waals surface area (Å²) < 4.78 is 3.91. The minimum atomic E-state index is -3.35. The lowest BCUT2D eigenvalue weighted by molar-refractivity contribution is -0.435. The summed E-state index contributed by atoms with van der Waals surface area (Å²) in [7, 11) is 0. The molecule has 0 fully saturated rings. The van der Waals surface area contributed by atoms with Crippen LogP contribution in [-0.4, -0.2) is 49.6 Å². The smallest absolute Gasteiger partial charge is 0.455 e. The predicted octanol–water partition coefficient (Wildman–Crippen LogP) is 8.18. The zero-order valence-electron chi connectivity index (χ0n) is 26.7. The van der Waals surface area contributed by atoms with Crippen LogP contribution in [0.15, 0.2) is 38.0 Å². The molecule has 0 saturated carbocycles. The number of esters is 1. The van der Waals surface area contributed by atoms with Gasteiger partial charge in [-0.3, -0.25) is 14.4 Å². The van der Waals surface area contributed by atoms with Crippen molar-refractivity contribution in [3.63, 3.8) is 0 Å². The molecule has 0 aromatic rings. The van der Waals surface area contributed by atoms with Gasteiger partial charge in [0.2, 0.25) is 0 Å². The van der Waals surface area contributed by atoms with E-state index in [4.69, 9.17) is 25.5 Å². The fourth-order valence-electron chi connectivity index (χ4n) is 4.01. The van der Waals surface area contributed by atoms with Gasteiger partial charge in [0.25, 0.3) is 0 Å². The molecule has 0 aliphatic carbocycles. The molecule has 0 aliphatic heterocycles. The molecule has 0 rings (SSSR count). The Kier molecular flexibility index (Phi) is 37.3. The van der Waals surface area contributed by atoms with Gasteiger partial charge >= 0.3 is 24.1 Å². The van der Waals surface area contributed by atoms with Crippen molar-refractivity contribution in [2.45, 2.75) is 160 Å². The average Bonchev–Trinajstić information content (AvgIpc) is 2.92. The first-order chi connectivity index (χ1) is 20.5. The van der Waals surface area contributed by atoms with Crippen molar-refractivity contribution in [1.29, 1.82) is 0 Å². The summed E-state index contributed by atoms with van der Waals surface area (Å²) in [6.07, 6.45) is 25.9. The number of carbonyl (C=O) groups is 3. The first kappa shape index (κ1) is 44.9. The lowest BCUT2D eigenvalue weighted by Gasteiger charge is -2.13. The zero-order chi connectivity index (χ0) is 33.0. The van der Waals surface area contributed by atoms with Crippen LogP contribution in [0.1, 0.15) is 154 Å². The molecule has 0 aromatic carbocycles. The summed E-state index contributed by atoms with van der Waals surface area (Å²) in [4.78, 5) is 31.2. The Morgan fingerprint density at radius 3 is 0.977 bits per heavy atom. The van der Waals surface area contributed by atoms with Gasteiger partial charge in [-0.1, -0.05) is 95.3 Å². The van der Waals surface area contributed by atoms with Crippen LogP contribution in [0.4, 0.5) is 0 Å². The maximum absolute atomic E-state index is 10.9. The highest BCUT2D eigenvalue weighted by atomic mass is 16.9. The minimum absolute atomic E-state index is 0.0795. The Labute approximate surface area is 260 Å². The van der Waals surface area contributed by atoms with Gasteiger partial charge in [-0.2, -0.15) is 0 Å². The van der Waals surface area contributed by atoms with Crippen molar-refractivity contribution in [2.24, 2.45) is 0 Å². The summed E-state index contributed by atoms with van der Waals surface area (Å²) in [5.74, 6) is -2.16. The second-order valence-corrected chi connectivity index (χ2v) is 10.7. The topological polar surface area (TPSA) is 162 Å². The number of allylic oxidation sites excluding steroid dienone is 3. The molecular weight excluding hydrogens is 552 g/mol. The Morgan fingerprint density at radius 2 is 0.721 bits per heavy atom. The molecule has 0 unspecified atom stereocenters. The number of hydrogen-bond acceptors (Lipinski definition) is 7. The molecule has 0 bridgehead atoms. The summed E-state index contributed by atoms with van der Waals surface area (Å²) >= 11 is 0. The highest BCUT2D eigenvalue weighted by molar-refractivity contribution is 5.69. The quantitative estimate of drug-likeness (QED) is 0.0253. The van der Waals surface area contributed by atoms with Crippen LogP contribution in [-0.2, 0) is 19.1 Å². The fourth-order valence-corrected chi connectivity index (χ4v) is 4.01. The summed E-state index contributed by atoms with van der Waals surface area (Å²) in [5, 5.41) is 41.9. The van der Waals surface area contributed by atoms with Crippen LogP contribution < -0.4 is 0 Å². The highest BCUT2D eigenvalue weighted by Gasteiger charge is 2.23. The lowest BCUT2D eigenvalue weighted by Crippen LogP contribution is -2.33. The number of aliphatic hydroxyl groups is 3. The number of carboxylic acid groups (broad SMARTS) is 2. The largest absolute Gasteiger partial charge is 0.481 e. The average molecular weight is 615 g/mol. The minimum Gasteiger partial charge on any atom is -0.481 e. The maximum atomic E-state index is 10.9. The van der Waals surface area contributed by atoms with E-state index in [1.54, 1.807) is 0 Å². The van der Waals surface area contributed by atoms with Crippen LogP contribution in [0.3, 0.4) is 0 Å². The normalized spacial score (nSPS) is 10.4. The standard InChI is InChI=1S/C12H22O5.2C11H20O2/c1-2-3-4-5-6-7-8-9-10-11(13)17-12(14,15)16;2*1-2-3-4-5-6-7-8-9-10-11(12)13/h2,14-16H,1,3-10H2;2*2H,1,3-10H2,(H,12,13). The van der Waals surface area contributed by atoms with Gasteiger partial charge in [0.15, 0.2) is 0 Å². The van der Waals surface area contributed by atoms with Gasteiger partial charge in [0.1, 0.15) is 0 Å². The molecule has 0 amide bonds. The number of ether oxygens (including phenoxy) is 1. The second kappa shape index (κ2) is 35.7. The van der Waals surface area contributed by atoms with Crippen molar-refractivity contribution in [3.05, 3.63) is 38.0 Å². The van der Waals surface area contributed by atoms with E-state index in [0.717, 1.165) is 77.0 Å². The molecular formula is C34H62O9. The third-order valence-electron chi connectivity index (χ3n) is 6.39. The summed E-state index contributed by atoms with van der Waals surface area (Å²) in [5.41, 5.74) is 0. The van der Waals surface area contributed by atoms with E-state index in [-0.39, 0.29) is 6.42 Å². The van der Waals surface area contributed by atoms with Crippen LogP contribution in [0, 0.1) is 0 Å². The lowest BCUT2D eigenvalue weighted by atomic mass is 10.1. The molecule has 0 aliphatic rings. The molecule has 0 saturated heterocycles. The highest BCUT2D eigenvalue weighted by Crippen LogP contribution is 2.11. The SMILES string of the molecule is C=CCCCCCCCCC(=O)O.C=CCCCCCCCCC(=O)O.C=CCCCCCCCCC(=O)OC(O)(O)O. The molecule has 0 radical (unpaired) electrons. The first-order valence-electron chi connectivity index (χ1n) is 16.1. The number of aliphatic carboxylic acids is 2. The number of unbranched alkanes of at least 4 members (excludes halogenated alkanes) is 18. The van der Waals surface area contributed by atoms with Gasteiger partial charge in [-0.15, -0.1) is 19.7 Å². The van der Waals surface area contributed by atoms with Gasteiger partial charge in [-0.25, -0.2) is 0 Å². The van der Waals surface area contributed by atoms with Gasteiger partial charge in [0, 0.05) is 19.3 Å². The Bertz CT molecular complexity index is 650. The molecule has 252 valence electrons. The Balaban J connectivity index is -0.000000566. The van der Waals surface area contributed by atoms with E-state index >= 15 is 0 Å². The van der Waals surface area contributed by atoms with E-state index in [9.17, 15) is 14.4 Å². The third-order valence-corrected chi connectivity index (χ3v) is 6.39. The number of carboxylic acids is 2. The van der Waals surface area contributed by atoms with E-state index in [0.29, 0.717) is 19.3 Å². The molecule has 9 nitrogen and oxygen atoms in total. The Morgan fingerprint density at radius 1 is 0.465 bits per heavy atom. The molecule has 0 spiro atoms. The van der Waals surface area contributed by atoms with Crippen LogP contribution in [0.2, 0.25) is 0 Å². The van der Waals surface area contributed by atoms with E-state index < -0.39 is 24.1 Å². The molecule has 43 heavy (non-hydrogen) atoms. The zero-order valence-corrected chi connectivity index (χ0v) is 26.7. The summed E-state index contributed by atoms with van der Waals surface area (Å²) in [6, 6.07) is 0. The van der Waals surface area contributed by atoms with E-state index in [1.165, 1.54) is 51.4 Å². The Hall–Kier alpha value is -2.49. The van der Waals surface area contributed by atoms with Crippen LogP contribution in [0.25, 0.3) is 0 Å². The van der Waals surface area contributed by atoms with Gasteiger partial charge in [0.05, 0.1) is 0 Å². The van der Waals surface area contributed by atoms with Crippen LogP contribution in [0.5, 0.6) is 0 Å². The van der Waals surface area contributed by atoms with Gasteiger partial charge in [-0.05, 0) is 57.8 Å². The first-order valence-corrected chi connectivity index (χ1v) is 16.1. The molecule has 0 atom stereocenters. The van der Waals surface area contributed by atoms with Crippen molar-refractivity contribution in [2.75, 3.05) is 0 Å². The summed E-state index contributed by atoms with van der Waals surface area (Å²) in [6.45, 7) is 11.0. The molecule has 5 N–H and O–H groups in total. The van der Waals surface area contributed by atoms with E-state index in [1.807, 2.05) is 18.2 Å². The number of carbonyl (C=O) groups excluding carboxylic acids is 1. The fraction of sp³-hybridized carbons (Fsp3) is 0.735. The number of rotatable bonds is 28. The van der Waals surface area contributed by atoms with Crippen molar-refractivity contribution >= 4 is 17.9 Å². The second-order valence-electron chi connectivity index (χ2n) is 10.7. The number of hydrogen-bond donors (Lipinski definition) is 5. The molecule has 0 heterocycles. The van der Waals surface area contributed by atoms with Crippen molar-refractivity contribution in [3.8, 4) is 0 Å². The molecule has 9 heteroatoms. The predicted molar refractivity (Wildman–Crippen MR) is 172 cm³/mol. The van der Waals surface area contributed by atoms with Crippen molar-refractivity contribution < 1.29 is 44.7 Å². The monoisotopic (exact) mass is 614 g/mol. The van der Waals surface area contributed by atoms with Crippen molar-refractivity contribution in [1.82, 2.24) is 0 Å². The molecule has 0 aromatic heterocycles. The third kappa shape index (κ3) is 52.6. The van der Waals surface area contributed by atoms with E-state index in [2.05, 4.69) is 24.5 Å². The maximum Gasteiger partial charge on any atom is 0.455 e. The van der Waals surface area contributed by atoms with Gasteiger partial charge < -0.3 is 30.3 Å².